The molecule has 0 aromatic heterocycles. The van der Waals surface area contributed by atoms with Crippen LogP contribution in [0.2, 0.25) is 0 Å². The monoisotopic (exact) mass is 410 g/mol. The fourth-order valence-electron chi connectivity index (χ4n) is 3.97. The Balaban J connectivity index is 1.79. The van der Waals surface area contributed by atoms with Crippen molar-refractivity contribution in [3.05, 3.63) is 101 Å². The molecule has 3 aromatic carbocycles. The number of rotatable bonds is 4. The third-order valence-electron chi connectivity index (χ3n) is 5.78. The molecule has 1 saturated heterocycles. The molecule has 156 valence electrons. The third-order valence-corrected chi connectivity index (χ3v) is 5.78. The smallest absolute Gasteiger partial charge is 0.254 e. The van der Waals surface area contributed by atoms with Gasteiger partial charge in [-0.25, -0.2) is 0 Å². The number of anilines is 2. The van der Waals surface area contributed by atoms with Crippen molar-refractivity contribution in [2.45, 2.75) is 26.8 Å². The minimum absolute atomic E-state index is 0.0192. The predicted molar refractivity (Wildman–Crippen MR) is 126 cm³/mol. The predicted octanol–water partition coefficient (Wildman–Crippen LogP) is 5.16. The molecule has 4 heteroatoms. The molecular formula is C27H26N2O2. The second-order valence-electron chi connectivity index (χ2n) is 7.99. The summed E-state index contributed by atoms with van der Waals surface area (Å²) in [6.45, 7) is 5.99. The number of nitrogens with zero attached hydrogens (tertiary/aromatic N) is 2. The van der Waals surface area contributed by atoms with Gasteiger partial charge in [-0.05, 0) is 67.3 Å². The highest BCUT2D eigenvalue weighted by atomic mass is 16.2. The zero-order valence-corrected chi connectivity index (χ0v) is 18.1. The lowest BCUT2D eigenvalue weighted by Gasteiger charge is -2.41. The van der Waals surface area contributed by atoms with Crippen molar-refractivity contribution in [3.8, 4) is 0 Å². The van der Waals surface area contributed by atoms with Crippen LogP contribution >= 0.6 is 0 Å². The minimum atomic E-state index is -0.703. The molecular weight excluding hydrogens is 384 g/mol. The van der Waals surface area contributed by atoms with Crippen LogP contribution in [0.1, 0.15) is 23.6 Å². The second-order valence-corrected chi connectivity index (χ2v) is 7.99. The van der Waals surface area contributed by atoms with Gasteiger partial charge in [0.15, 0.2) is 0 Å². The molecule has 2 amide bonds. The Morgan fingerprint density at radius 3 is 2.13 bits per heavy atom. The third kappa shape index (κ3) is 4.15. The van der Waals surface area contributed by atoms with E-state index in [-0.39, 0.29) is 18.4 Å². The fraction of sp³-hybridized carbons (Fsp3) is 0.185. The molecule has 0 radical (unpaired) electrons. The van der Waals surface area contributed by atoms with Crippen LogP contribution in [0.5, 0.6) is 0 Å². The Labute approximate surface area is 183 Å². The summed E-state index contributed by atoms with van der Waals surface area (Å²) < 4.78 is 0. The van der Waals surface area contributed by atoms with Crippen molar-refractivity contribution in [3.63, 3.8) is 0 Å². The Bertz CT molecular complexity index is 1140. The summed E-state index contributed by atoms with van der Waals surface area (Å²) in [5.74, 6) is -0.203. The molecule has 1 atom stereocenters. The topological polar surface area (TPSA) is 40.6 Å². The molecule has 4 nitrogen and oxygen atoms in total. The van der Waals surface area contributed by atoms with Crippen molar-refractivity contribution in [2.24, 2.45) is 0 Å². The zero-order valence-electron chi connectivity index (χ0n) is 18.1. The van der Waals surface area contributed by atoms with E-state index in [4.69, 9.17) is 0 Å². The van der Waals surface area contributed by atoms with Crippen LogP contribution in [0.4, 0.5) is 11.4 Å². The van der Waals surface area contributed by atoms with Gasteiger partial charge in [-0.3, -0.25) is 14.5 Å². The SMILES string of the molecule is C/C(=C/c1ccccc1)[C@H]1C(=O)N(c2ccc(C)c(C)c2)CC(=O)N1c1ccccc1. The highest BCUT2D eigenvalue weighted by molar-refractivity contribution is 6.15. The lowest BCUT2D eigenvalue weighted by Crippen LogP contribution is -2.61. The van der Waals surface area contributed by atoms with E-state index in [2.05, 4.69) is 0 Å². The number of piperazine rings is 1. The zero-order chi connectivity index (χ0) is 22.0. The molecule has 0 spiro atoms. The number of aryl methyl sites for hydroxylation is 2. The lowest BCUT2D eigenvalue weighted by atomic mass is 9.98. The van der Waals surface area contributed by atoms with E-state index < -0.39 is 6.04 Å². The van der Waals surface area contributed by atoms with Crippen LogP contribution in [0.25, 0.3) is 6.08 Å². The van der Waals surface area contributed by atoms with Gasteiger partial charge < -0.3 is 4.90 Å². The van der Waals surface area contributed by atoms with Crippen molar-refractivity contribution in [1.29, 1.82) is 0 Å². The fourth-order valence-corrected chi connectivity index (χ4v) is 3.97. The number of amides is 2. The Kier molecular flexibility index (Phi) is 5.72. The van der Waals surface area contributed by atoms with Crippen LogP contribution in [0, 0.1) is 13.8 Å². The maximum Gasteiger partial charge on any atom is 0.254 e. The Hall–Kier alpha value is -3.66. The summed E-state index contributed by atoms with van der Waals surface area (Å²) >= 11 is 0. The quantitative estimate of drug-likeness (QED) is 0.596. The first kappa shape index (κ1) is 20.6. The molecule has 3 aromatic rings. The summed E-state index contributed by atoms with van der Waals surface area (Å²) in [4.78, 5) is 30.4. The van der Waals surface area contributed by atoms with Gasteiger partial charge in [0.05, 0.1) is 0 Å². The maximum absolute atomic E-state index is 13.8. The molecule has 0 saturated carbocycles. The standard InChI is InChI=1S/C27H26N2O2/c1-19-14-15-24(17-20(19)2)28-18-25(30)29(23-12-8-5-9-13-23)26(27(28)31)21(3)16-22-10-6-4-7-11-22/h4-17,26H,18H2,1-3H3/b21-16-/t26-/m0/s1. The number of hydrogen-bond acceptors (Lipinski definition) is 2. The Morgan fingerprint density at radius 1 is 0.839 bits per heavy atom. The van der Waals surface area contributed by atoms with Crippen LogP contribution in [0.3, 0.4) is 0 Å². The van der Waals surface area contributed by atoms with E-state index in [0.717, 1.165) is 33.6 Å². The van der Waals surface area contributed by atoms with E-state index in [1.165, 1.54) is 0 Å². The first-order valence-corrected chi connectivity index (χ1v) is 10.4. The van der Waals surface area contributed by atoms with Gasteiger partial charge in [-0.1, -0.05) is 60.7 Å². The number of carbonyl (C=O) groups is 2. The van der Waals surface area contributed by atoms with Gasteiger partial charge in [0.1, 0.15) is 12.6 Å². The van der Waals surface area contributed by atoms with Crippen molar-refractivity contribution in [2.75, 3.05) is 16.3 Å². The van der Waals surface area contributed by atoms with E-state index in [0.29, 0.717) is 0 Å². The Morgan fingerprint density at radius 2 is 1.48 bits per heavy atom. The minimum Gasteiger partial charge on any atom is -0.301 e. The average molecular weight is 411 g/mol. The molecule has 0 N–H and O–H groups in total. The molecule has 1 aliphatic heterocycles. The van der Waals surface area contributed by atoms with Gasteiger partial charge in [-0.2, -0.15) is 0 Å². The maximum atomic E-state index is 13.8. The average Bonchev–Trinajstić information content (AvgIpc) is 2.78. The summed E-state index contributed by atoms with van der Waals surface area (Å²) in [5.41, 5.74) is 5.55. The highest BCUT2D eigenvalue weighted by Gasteiger charge is 2.41. The van der Waals surface area contributed by atoms with Crippen molar-refractivity contribution < 1.29 is 9.59 Å². The van der Waals surface area contributed by atoms with Crippen molar-refractivity contribution in [1.82, 2.24) is 0 Å². The summed E-state index contributed by atoms with van der Waals surface area (Å²) in [7, 11) is 0. The van der Waals surface area contributed by atoms with E-state index in [1.807, 2.05) is 106 Å². The lowest BCUT2D eigenvalue weighted by molar-refractivity contribution is -0.127. The van der Waals surface area contributed by atoms with Gasteiger partial charge in [-0.15, -0.1) is 0 Å². The van der Waals surface area contributed by atoms with Gasteiger partial charge >= 0.3 is 0 Å². The molecule has 1 heterocycles. The normalized spacial score (nSPS) is 17.3. The largest absolute Gasteiger partial charge is 0.301 e. The summed E-state index contributed by atoms with van der Waals surface area (Å²) in [6, 6.07) is 24.5. The second kappa shape index (κ2) is 8.60. The van der Waals surface area contributed by atoms with Gasteiger partial charge in [0.2, 0.25) is 5.91 Å². The number of carbonyl (C=O) groups excluding carboxylic acids is 2. The van der Waals surface area contributed by atoms with E-state index in [1.54, 1.807) is 9.80 Å². The number of benzene rings is 3. The van der Waals surface area contributed by atoms with Crippen LogP contribution in [0.15, 0.2) is 84.4 Å². The molecule has 0 aliphatic carbocycles. The van der Waals surface area contributed by atoms with Crippen LogP contribution in [-0.4, -0.2) is 24.4 Å². The van der Waals surface area contributed by atoms with Crippen molar-refractivity contribution >= 4 is 29.3 Å². The summed E-state index contributed by atoms with van der Waals surface area (Å²) in [6.07, 6.45) is 1.98. The number of para-hydroxylation sites is 1. The molecule has 1 aliphatic rings. The molecule has 1 fully saturated rings. The van der Waals surface area contributed by atoms with E-state index in [9.17, 15) is 9.59 Å². The van der Waals surface area contributed by atoms with Gasteiger partial charge in [0, 0.05) is 11.4 Å². The van der Waals surface area contributed by atoms with E-state index >= 15 is 0 Å². The van der Waals surface area contributed by atoms with Crippen LogP contribution < -0.4 is 9.80 Å². The molecule has 31 heavy (non-hydrogen) atoms. The summed E-state index contributed by atoms with van der Waals surface area (Å²) in [5, 5.41) is 0. The first-order chi connectivity index (χ1) is 15.0. The highest BCUT2D eigenvalue weighted by Crippen LogP contribution is 2.30. The number of hydrogen-bond donors (Lipinski definition) is 0. The molecule has 4 rings (SSSR count). The van der Waals surface area contributed by atoms with Crippen LogP contribution in [-0.2, 0) is 9.59 Å². The molecule has 0 bridgehead atoms. The van der Waals surface area contributed by atoms with Gasteiger partial charge in [0.25, 0.3) is 5.91 Å². The first-order valence-electron chi connectivity index (χ1n) is 10.4. The molecule has 0 unspecified atom stereocenters.